The van der Waals surface area contributed by atoms with Crippen LogP contribution in [0.4, 0.5) is 4.79 Å². The van der Waals surface area contributed by atoms with Crippen molar-refractivity contribution in [3.05, 3.63) is 47.8 Å². The lowest BCUT2D eigenvalue weighted by Crippen LogP contribution is -2.35. The normalized spacial score (nSPS) is 16.7. The van der Waals surface area contributed by atoms with Crippen LogP contribution in [0.15, 0.2) is 42.2 Å². The van der Waals surface area contributed by atoms with E-state index in [0.29, 0.717) is 24.5 Å². The average Bonchev–Trinajstić information content (AvgIpc) is 2.86. The van der Waals surface area contributed by atoms with Crippen molar-refractivity contribution >= 4 is 11.9 Å². The molecule has 0 spiro atoms. The number of allylic oxidation sites excluding steroid dienone is 1. The van der Waals surface area contributed by atoms with E-state index in [9.17, 15) is 9.59 Å². The van der Waals surface area contributed by atoms with Crippen LogP contribution in [0, 0.1) is 0 Å². The summed E-state index contributed by atoms with van der Waals surface area (Å²) in [5.74, 6) is 0.340. The van der Waals surface area contributed by atoms with Crippen molar-refractivity contribution in [3.63, 3.8) is 0 Å². The Morgan fingerprint density at radius 1 is 1.24 bits per heavy atom. The zero-order valence-corrected chi connectivity index (χ0v) is 12.6. The molecule has 1 saturated heterocycles. The highest BCUT2D eigenvalue weighted by atomic mass is 16.6. The van der Waals surface area contributed by atoms with E-state index in [1.54, 1.807) is 24.3 Å². The second kappa shape index (κ2) is 5.99. The third-order valence-electron chi connectivity index (χ3n) is 2.87. The van der Waals surface area contributed by atoms with Gasteiger partial charge in [-0.05, 0) is 20.8 Å². The maximum absolute atomic E-state index is 12.2. The molecule has 21 heavy (non-hydrogen) atoms. The summed E-state index contributed by atoms with van der Waals surface area (Å²) in [6.07, 6.45) is 0.992. The highest BCUT2D eigenvalue weighted by Crippen LogP contribution is 2.16. The average molecular weight is 288 g/mol. The molecule has 1 fully saturated rings. The van der Waals surface area contributed by atoms with Crippen molar-refractivity contribution in [2.24, 2.45) is 0 Å². The molecule has 1 aromatic carbocycles. The van der Waals surface area contributed by atoms with Crippen LogP contribution in [-0.4, -0.2) is 35.5 Å². The molecule has 1 amide bonds. The van der Waals surface area contributed by atoms with Gasteiger partial charge < -0.3 is 10.1 Å². The molecule has 1 aliphatic heterocycles. The van der Waals surface area contributed by atoms with Crippen LogP contribution in [0.5, 0.6) is 0 Å². The van der Waals surface area contributed by atoms with Gasteiger partial charge in [0.05, 0.1) is 0 Å². The quantitative estimate of drug-likeness (QED) is 0.671. The lowest BCUT2D eigenvalue weighted by molar-refractivity contribution is 0.0339. The minimum atomic E-state index is -0.561. The Hall–Kier alpha value is -2.30. The molecule has 1 heterocycles. The molecular weight excluding hydrogens is 268 g/mol. The summed E-state index contributed by atoms with van der Waals surface area (Å²) >= 11 is 0. The maximum Gasteiger partial charge on any atom is 0.416 e. The van der Waals surface area contributed by atoms with Gasteiger partial charge >= 0.3 is 6.09 Å². The van der Waals surface area contributed by atoms with E-state index in [4.69, 9.17) is 4.74 Å². The fourth-order valence-corrected chi connectivity index (χ4v) is 1.96. The van der Waals surface area contributed by atoms with Gasteiger partial charge in [0, 0.05) is 24.7 Å². The van der Waals surface area contributed by atoms with Gasteiger partial charge in [-0.25, -0.2) is 4.79 Å². The lowest BCUT2D eigenvalue weighted by atomic mass is 10.1. The Kier molecular flexibility index (Phi) is 4.31. The number of ether oxygens (including phenoxy) is 1. The Balaban J connectivity index is 2.13. The van der Waals surface area contributed by atoms with Gasteiger partial charge in [0.1, 0.15) is 11.4 Å². The highest BCUT2D eigenvalue weighted by Gasteiger charge is 2.28. The molecule has 1 aromatic rings. The van der Waals surface area contributed by atoms with Crippen LogP contribution in [0.3, 0.4) is 0 Å². The molecule has 0 aliphatic carbocycles. The topological polar surface area (TPSA) is 58.6 Å². The molecule has 1 N–H and O–H groups in total. The zero-order valence-electron chi connectivity index (χ0n) is 12.6. The number of amides is 1. The molecule has 0 unspecified atom stereocenters. The summed E-state index contributed by atoms with van der Waals surface area (Å²) in [4.78, 5) is 25.7. The standard InChI is InChI=1S/C16H20N2O3/c1-16(2,3)21-15(20)18-10-9-17-14(18)11-13(19)12-7-5-4-6-8-12/h4-8,11,17H,9-10H2,1-3H3/b14-11-. The number of ketones is 1. The molecule has 5 nitrogen and oxygen atoms in total. The van der Waals surface area contributed by atoms with E-state index in [2.05, 4.69) is 5.32 Å². The number of carbonyl (C=O) groups excluding carboxylic acids is 2. The lowest BCUT2D eigenvalue weighted by Gasteiger charge is -2.24. The van der Waals surface area contributed by atoms with E-state index in [1.807, 2.05) is 26.8 Å². The van der Waals surface area contributed by atoms with Crippen molar-refractivity contribution in [2.45, 2.75) is 26.4 Å². The molecule has 0 saturated carbocycles. The molecule has 0 atom stereocenters. The molecule has 2 rings (SSSR count). The van der Waals surface area contributed by atoms with Crippen molar-refractivity contribution in [3.8, 4) is 0 Å². The Morgan fingerprint density at radius 2 is 1.90 bits per heavy atom. The van der Waals surface area contributed by atoms with Gasteiger partial charge in [-0.3, -0.25) is 9.69 Å². The molecule has 5 heteroatoms. The monoisotopic (exact) mass is 288 g/mol. The van der Waals surface area contributed by atoms with Gasteiger partial charge in [-0.2, -0.15) is 0 Å². The summed E-state index contributed by atoms with van der Waals surface area (Å²) in [5, 5.41) is 3.04. The minimum Gasteiger partial charge on any atom is -0.443 e. The second-order valence-corrected chi connectivity index (χ2v) is 5.82. The van der Waals surface area contributed by atoms with Crippen molar-refractivity contribution in [1.29, 1.82) is 0 Å². The Bertz CT molecular complexity index is 559. The first kappa shape index (κ1) is 15.1. The predicted octanol–water partition coefficient (Wildman–Crippen LogP) is 2.55. The van der Waals surface area contributed by atoms with Crippen LogP contribution >= 0.6 is 0 Å². The van der Waals surface area contributed by atoms with E-state index < -0.39 is 11.7 Å². The van der Waals surface area contributed by atoms with Crippen LogP contribution in [-0.2, 0) is 4.74 Å². The fraction of sp³-hybridized carbons (Fsp3) is 0.375. The van der Waals surface area contributed by atoms with E-state index in [-0.39, 0.29) is 5.78 Å². The SMILES string of the molecule is CC(C)(C)OC(=O)N1CCN/C1=C/C(=O)c1ccccc1. The predicted molar refractivity (Wildman–Crippen MR) is 79.8 cm³/mol. The third-order valence-corrected chi connectivity index (χ3v) is 2.87. The number of benzene rings is 1. The maximum atomic E-state index is 12.2. The summed E-state index contributed by atoms with van der Waals surface area (Å²) in [7, 11) is 0. The molecule has 0 bridgehead atoms. The number of rotatable bonds is 2. The van der Waals surface area contributed by atoms with Gasteiger partial charge in [0.25, 0.3) is 0 Å². The Morgan fingerprint density at radius 3 is 2.52 bits per heavy atom. The van der Waals surface area contributed by atoms with E-state index in [0.717, 1.165) is 0 Å². The first-order valence-electron chi connectivity index (χ1n) is 6.92. The van der Waals surface area contributed by atoms with Gasteiger partial charge in [-0.1, -0.05) is 30.3 Å². The van der Waals surface area contributed by atoms with Crippen molar-refractivity contribution in [1.82, 2.24) is 10.2 Å². The van der Waals surface area contributed by atoms with Crippen LogP contribution in [0.2, 0.25) is 0 Å². The summed E-state index contributed by atoms with van der Waals surface area (Å²) in [6, 6.07) is 8.95. The van der Waals surface area contributed by atoms with E-state index >= 15 is 0 Å². The Labute approximate surface area is 124 Å². The smallest absolute Gasteiger partial charge is 0.416 e. The van der Waals surface area contributed by atoms with Gasteiger partial charge in [0.15, 0.2) is 5.78 Å². The first-order valence-corrected chi connectivity index (χ1v) is 6.92. The number of hydrogen-bond donors (Lipinski definition) is 1. The van der Waals surface area contributed by atoms with Crippen LogP contribution in [0.1, 0.15) is 31.1 Å². The summed E-state index contributed by atoms with van der Waals surface area (Å²) < 4.78 is 5.33. The van der Waals surface area contributed by atoms with Crippen molar-refractivity contribution < 1.29 is 14.3 Å². The highest BCUT2D eigenvalue weighted by molar-refractivity contribution is 6.05. The van der Waals surface area contributed by atoms with E-state index in [1.165, 1.54) is 11.0 Å². The first-order chi connectivity index (χ1) is 9.87. The fourth-order valence-electron chi connectivity index (χ4n) is 1.96. The minimum absolute atomic E-state index is 0.145. The largest absolute Gasteiger partial charge is 0.443 e. The molecule has 112 valence electrons. The molecule has 1 aliphatic rings. The molecule has 0 radical (unpaired) electrons. The molecular formula is C16H20N2O3. The number of nitrogens with zero attached hydrogens (tertiary/aromatic N) is 1. The molecule has 0 aromatic heterocycles. The number of carbonyl (C=O) groups is 2. The van der Waals surface area contributed by atoms with Gasteiger partial charge in [0.2, 0.25) is 0 Å². The van der Waals surface area contributed by atoms with Crippen LogP contribution < -0.4 is 5.32 Å². The number of nitrogens with one attached hydrogen (secondary N) is 1. The van der Waals surface area contributed by atoms with Crippen molar-refractivity contribution in [2.75, 3.05) is 13.1 Å². The van der Waals surface area contributed by atoms with Crippen LogP contribution in [0.25, 0.3) is 0 Å². The third kappa shape index (κ3) is 4.08. The zero-order chi connectivity index (χ0) is 15.5. The summed E-state index contributed by atoms with van der Waals surface area (Å²) in [5.41, 5.74) is 0.0247. The second-order valence-electron chi connectivity index (χ2n) is 5.82. The van der Waals surface area contributed by atoms with Gasteiger partial charge in [-0.15, -0.1) is 0 Å². The number of hydrogen-bond acceptors (Lipinski definition) is 4. The summed E-state index contributed by atoms with van der Waals surface area (Å²) in [6.45, 7) is 6.53.